The molecule has 3 aromatic carbocycles. The fourth-order valence-corrected chi connectivity index (χ4v) is 2.62. The van der Waals surface area contributed by atoms with E-state index < -0.39 is 0 Å². The van der Waals surface area contributed by atoms with Crippen LogP contribution in [0.1, 0.15) is 0 Å². The van der Waals surface area contributed by atoms with E-state index in [1.807, 2.05) is 97.1 Å². The number of pyridine rings is 1. The Labute approximate surface area is 152 Å². The van der Waals surface area contributed by atoms with Gasteiger partial charge in [-0.05, 0) is 48.5 Å². The quantitative estimate of drug-likeness (QED) is 0.425. The Hall–Kier alpha value is -3.59. The Balaban J connectivity index is 1.72. The summed E-state index contributed by atoms with van der Waals surface area (Å²) in [6.45, 7) is 0. The number of benzene rings is 3. The largest absolute Gasteiger partial charge is 0.457 e. The molecule has 1 heterocycles. The molecule has 0 atom stereocenters. The van der Waals surface area contributed by atoms with Crippen molar-refractivity contribution in [2.45, 2.75) is 0 Å². The molecule has 0 unspecified atom stereocenters. The van der Waals surface area contributed by atoms with Crippen molar-refractivity contribution < 1.29 is 9.47 Å². The average Bonchev–Trinajstić information content (AvgIpc) is 2.70. The highest BCUT2D eigenvalue weighted by molar-refractivity contribution is 5.69. The number of ether oxygens (including phenoxy) is 2. The van der Waals surface area contributed by atoms with E-state index in [4.69, 9.17) is 9.47 Å². The third kappa shape index (κ3) is 3.73. The smallest absolute Gasteiger partial charge is 0.140 e. The molecule has 0 fully saturated rings. The number of hydrogen-bond acceptors (Lipinski definition) is 3. The first-order valence-electron chi connectivity index (χ1n) is 8.40. The molecule has 3 nitrogen and oxygen atoms in total. The van der Waals surface area contributed by atoms with Crippen molar-refractivity contribution in [3.05, 3.63) is 103 Å². The van der Waals surface area contributed by atoms with Gasteiger partial charge < -0.3 is 9.47 Å². The molecule has 26 heavy (non-hydrogen) atoms. The molecule has 126 valence electrons. The van der Waals surface area contributed by atoms with Gasteiger partial charge in [0.1, 0.15) is 23.0 Å². The Morgan fingerprint density at radius 1 is 0.538 bits per heavy atom. The molecule has 0 aliphatic rings. The van der Waals surface area contributed by atoms with Gasteiger partial charge >= 0.3 is 0 Å². The molecule has 0 bridgehead atoms. The van der Waals surface area contributed by atoms with Gasteiger partial charge in [-0.3, -0.25) is 4.98 Å². The van der Waals surface area contributed by atoms with Crippen LogP contribution in [0.4, 0.5) is 0 Å². The zero-order valence-corrected chi connectivity index (χ0v) is 14.1. The third-order valence-corrected chi connectivity index (χ3v) is 3.84. The zero-order chi connectivity index (χ0) is 17.6. The molecule has 4 aromatic rings. The van der Waals surface area contributed by atoms with Crippen LogP contribution >= 0.6 is 0 Å². The summed E-state index contributed by atoms with van der Waals surface area (Å²) >= 11 is 0. The lowest BCUT2D eigenvalue weighted by molar-refractivity contribution is 0.461. The standard InChI is InChI=1S/C23H17NO2/c1-3-9-18(10-4-1)25-20-14-15-21(22-13-7-8-16-24-22)23(17-20)26-19-11-5-2-6-12-19/h1-17H. The second-order valence-electron chi connectivity index (χ2n) is 5.70. The molecule has 0 amide bonds. The number of hydrogen-bond donors (Lipinski definition) is 0. The Morgan fingerprint density at radius 2 is 1.19 bits per heavy atom. The summed E-state index contributed by atoms with van der Waals surface area (Å²) in [5.41, 5.74) is 1.76. The van der Waals surface area contributed by atoms with Crippen LogP contribution in [0.5, 0.6) is 23.0 Å². The van der Waals surface area contributed by atoms with Gasteiger partial charge in [-0.1, -0.05) is 42.5 Å². The summed E-state index contributed by atoms with van der Waals surface area (Å²) in [6.07, 6.45) is 1.77. The van der Waals surface area contributed by atoms with E-state index in [-0.39, 0.29) is 0 Å². The van der Waals surface area contributed by atoms with Gasteiger partial charge in [0, 0.05) is 17.8 Å². The molecule has 3 heteroatoms. The third-order valence-electron chi connectivity index (χ3n) is 3.84. The van der Waals surface area contributed by atoms with E-state index in [1.54, 1.807) is 6.20 Å². The minimum absolute atomic E-state index is 0.698. The Bertz CT molecular complexity index is 971. The molecule has 0 saturated carbocycles. The zero-order valence-electron chi connectivity index (χ0n) is 14.1. The first kappa shape index (κ1) is 15.9. The molecule has 1 aromatic heterocycles. The van der Waals surface area contributed by atoms with Crippen LogP contribution in [0.2, 0.25) is 0 Å². The van der Waals surface area contributed by atoms with Crippen molar-refractivity contribution in [1.29, 1.82) is 0 Å². The molecule has 0 spiro atoms. The van der Waals surface area contributed by atoms with Crippen LogP contribution in [0, 0.1) is 0 Å². The molecule has 0 radical (unpaired) electrons. The Kier molecular flexibility index (Phi) is 4.61. The van der Waals surface area contributed by atoms with E-state index in [0.29, 0.717) is 11.5 Å². The molecule has 0 aliphatic carbocycles. The molecular formula is C23H17NO2. The lowest BCUT2D eigenvalue weighted by Gasteiger charge is -2.13. The summed E-state index contributed by atoms with van der Waals surface area (Å²) in [7, 11) is 0. The highest BCUT2D eigenvalue weighted by atomic mass is 16.5. The van der Waals surface area contributed by atoms with Crippen molar-refractivity contribution in [2.75, 3.05) is 0 Å². The maximum atomic E-state index is 6.12. The predicted octanol–water partition coefficient (Wildman–Crippen LogP) is 6.33. The van der Waals surface area contributed by atoms with Crippen LogP contribution in [-0.4, -0.2) is 4.98 Å². The number of nitrogens with zero attached hydrogens (tertiary/aromatic N) is 1. The highest BCUT2D eigenvalue weighted by Gasteiger charge is 2.11. The summed E-state index contributed by atoms with van der Waals surface area (Å²) in [5, 5.41) is 0. The van der Waals surface area contributed by atoms with Crippen molar-refractivity contribution in [1.82, 2.24) is 4.98 Å². The molecule has 0 N–H and O–H groups in total. The maximum Gasteiger partial charge on any atom is 0.140 e. The second kappa shape index (κ2) is 7.53. The van der Waals surface area contributed by atoms with Crippen molar-refractivity contribution in [3.8, 4) is 34.3 Å². The molecular weight excluding hydrogens is 322 g/mol. The fraction of sp³-hybridized carbons (Fsp3) is 0. The number of para-hydroxylation sites is 2. The van der Waals surface area contributed by atoms with Crippen LogP contribution in [0.3, 0.4) is 0 Å². The Morgan fingerprint density at radius 3 is 1.85 bits per heavy atom. The second-order valence-corrected chi connectivity index (χ2v) is 5.70. The van der Waals surface area contributed by atoms with E-state index in [1.165, 1.54) is 0 Å². The van der Waals surface area contributed by atoms with Crippen molar-refractivity contribution in [2.24, 2.45) is 0 Å². The monoisotopic (exact) mass is 339 g/mol. The van der Waals surface area contributed by atoms with E-state index in [9.17, 15) is 0 Å². The van der Waals surface area contributed by atoms with Gasteiger partial charge in [-0.15, -0.1) is 0 Å². The molecule has 0 saturated heterocycles. The summed E-state index contributed by atoms with van der Waals surface area (Å²) in [6, 6.07) is 31.0. The van der Waals surface area contributed by atoms with Gasteiger partial charge in [0.05, 0.1) is 5.69 Å². The van der Waals surface area contributed by atoms with Crippen LogP contribution in [0.15, 0.2) is 103 Å². The van der Waals surface area contributed by atoms with Gasteiger partial charge in [0.25, 0.3) is 0 Å². The summed E-state index contributed by atoms with van der Waals surface area (Å²) in [5.74, 6) is 2.95. The molecule has 0 aliphatic heterocycles. The SMILES string of the molecule is c1ccc(Oc2ccc(-c3ccccn3)c(Oc3ccccc3)c2)cc1. The molecule has 4 rings (SSSR count). The van der Waals surface area contributed by atoms with E-state index in [0.717, 1.165) is 22.8 Å². The van der Waals surface area contributed by atoms with Crippen molar-refractivity contribution in [3.63, 3.8) is 0 Å². The topological polar surface area (TPSA) is 31.4 Å². The minimum Gasteiger partial charge on any atom is -0.457 e. The average molecular weight is 339 g/mol. The first-order chi connectivity index (χ1) is 12.9. The van der Waals surface area contributed by atoms with E-state index in [2.05, 4.69) is 4.98 Å². The van der Waals surface area contributed by atoms with Gasteiger partial charge in [-0.2, -0.15) is 0 Å². The predicted molar refractivity (Wildman–Crippen MR) is 103 cm³/mol. The highest BCUT2D eigenvalue weighted by Crippen LogP contribution is 2.36. The summed E-state index contributed by atoms with van der Waals surface area (Å²) < 4.78 is 12.1. The van der Waals surface area contributed by atoms with E-state index >= 15 is 0 Å². The van der Waals surface area contributed by atoms with Gasteiger partial charge in [0.15, 0.2) is 0 Å². The van der Waals surface area contributed by atoms with Crippen molar-refractivity contribution >= 4 is 0 Å². The summed E-state index contributed by atoms with van der Waals surface area (Å²) in [4.78, 5) is 4.44. The maximum absolute atomic E-state index is 6.12. The van der Waals surface area contributed by atoms with Crippen LogP contribution < -0.4 is 9.47 Å². The van der Waals surface area contributed by atoms with Gasteiger partial charge in [0.2, 0.25) is 0 Å². The normalized spacial score (nSPS) is 10.3. The lowest BCUT2D eigenvalue weighted by atomic mass is 10.1. The first-order valence-corrected chi connectivity index (χ1v) is 8.40. The number of aromatic nitrogens is 1. The van der Waals surface area contributed by atoms with Gasteiger partial charge in [-0.25, -0.2) is 0 Å². The minimum atomic E-state index is 0.698. The van der Waals surface area contributed by atoms with Crippen LogP contribution in [-0.2, 0) is 0 Å². The lowest BCUT2D eigenvalue weighted by Crippen LogP contribution is -1.92. The number of rotatable bonds is 5. The van der Waals surface area contributed by atoms with Crippen LogP contribution in [0.25, 0.3) is 11.3 Å². The fourth-order valence-electron chi connectivity index (χ4n) is 2.62.